The molecule has 2 aromatic heterocycles. The van der Waals surface area contributed by atoms with E-state index in [4.69, 9.17) is 5.11 Å². The second kappa shape index (κ2) is 3.82. The second-order valence-corrected chi connectivity index (χ2v) is 3.35. The third-order valence-electron chi connectivity index (χ3n) is 2.44. The van der Waals surface area contributed by atoms with Gasteiger partial charge in [-0.15, -0.1) is 10.2 Å². The molecule has 2 heterocycles. The van der Waals surface area contributed by atoms with Gasteiger partial charge in [0.25, 0.3) is 0 Å². The first kappa shape index (κ1) is 9.85. The summed E-state index contributed by atoms with van der Waals surface area (Å²) in [6, 6.07) is 0. The van der Waals surface area contributed by atoms with Crippen LogP contribution in [0.2, 0.25) is 0 Å². The molecule has 0 radical (unpaired) electrons. The number of rotatable bonds is 3. The summed E-state index contributed by atoms with van der Waals surface area (Å²) in [5.41, 5.74) is 0. The third-order valence-corrected chi connectivity index (χ3v) is 2.44. The van der Waals surface area contributed by atoms with Crippen molar-refractivity contribution in [3.8, 4) is 0 Å². The molecular formula is C9H13N5O. The zero-order chi connectivity index (χ0) is 10.8. The van der Waals surface area contributed by atoms with Gasteiger partial charge in [-0.3, -0.25) is 0 Å². The van der Waals surface area contributed by atoms with Gasteiger partial charge in [-0.25, -0.2) is 4.98 Å². The van der Waals surface area contributed by atoms with E-state index in [1.165, 1.54) is 0 Å². The molecule has 0 atom stereocenters. The molecule has 0 aliphatic carbocycles. The van der Waals surface area contributed by atoms with Gasteiger partial charge in [0.2, 0.25) is 0 Å². The first-order chi connectivity index (χ1) is 7.22. The number of hydrogen-bond acceptors (Lipinski definition) is 4. The molecule has 80 valence electrons. The minimum atomic E-state index is -0.0656. The molecule has 6 heteroatoms. The first-order valence-corrected chi connectivity index (χ1v) is 4.68. The zero-order valence-corrected chi connectivity index (χ0v) is 8.75. The molecule has 0 bridgehead atoms. The predicted molar refractivity (Wildman–Crippen MR) is 53.0 cm³/mol. The van der Waals surface area contributed by atoms with Crippen LogP contribution < -0.4 is 0 Å². The summed E-state index contributed by atoms with van der Waals surface area (Å²) < 4.78 is 3.77. The lowest BCUT2D eigenvalue weighted by atomic mass is 10.5. The molecule has 0 saturated heterocycles. The van der Waals surface area contributed by atoms with E-state index in [-0.39, 0.29) is 6.61 Å². The highest BCUT2D eigenvalue weighted by Gasteiger charge is 2.07. The maximum absolute atomic E-state index is 9.03. The van der Waals surface area contributed by atoms with E-state index in [1.54, 1.807) is 6.20 Å². The van der Waals surface area contributed by atoms with Gasteiger partial charge in [0, 0.05) is 19.4 Å². The highest BCUT2D eigenvalue weighted by atomic mass is 16.3. The lowest BCUT2D eigenvalue weighted by Crippen LogP contribution is -2.09. The Hall–Kier alpha value is -1.69. The van der Waals surface area contributed by atoms with Crippen LogP contribution in [0.25, 0.3) is 0 Å². The van der Waals surface area contributed by atoms with E-state index in [1.807, 2.05) is 29.3 Å². The van der Waals surface area contributed by atoms with E-state index in [0.29, 0.717) is 12.4 Å². The third kappa shape index (κ3) is 1.75. The predicted octanol–water partition coefficient (Wildman–Crippen LogP) is -0.139. The van der Waals surface area contributed by atoms with Crippen LogP contribution >= 0.6 is 0 Å². The summed E-state index contributed by atoms with van der Waals surface area (Å²) in [6.45, 7) is 2.41. The van der Waals surface area contributed by atoms with Crippen LogP contribution in [0.1, 0.15) is 17.5 Å². The van der Waals surface area contributed by atoms with Gasteiger partial charge >= 0.3 is 0 Å². The topological polar surface area (TPSA) is 68.8 Å². The molecule has 2 aromatic rings. The van der Waals surface area contributed by atoms with Crippen molar-refractivity contribution in [2.24, 2.45) is 7.05 Å². The normalized spacial score (nSPS) is 10.9. The Bertz CT molecular complexity index is 459. The van der Waals surface area contributed by atoms with E-state index in [0.717, 1.165) is 11.6 Å². The molecule has 6 nitrogen and oxygen atoms in total. The standard InChI is InChI=1S/C9H13N5O/c1-7-11-12-8(13(7)2)5-14-4-3-10-9(14)6-15/h3-4,15H,5-6H2,1-2H3. The summed E-state index contributed by atoms with van der Waals surface area (Å²) >= 11 is 0. The summed E-state index contributed by atoms with van der Waals surface area (Å²) in [6.07, 6.45) is 3.48. The van der Waals surface area contributed by atoms with Crippen molar-refractivity contribution in [2.75, 3.05) is 0 Å². The van der Waals surface area contributed by atoms with Gasteiger partial charge < -0.3 is 14.2 Å². The van der Waals surface area contributed by atoms with Crippen LogP contribution in [-0.2, 0) is 20.2 Å². The van der Waals surface area contributed by atoms with Crippen LogP contribution in [0.15, 0.2) is 12.4 Å². The molecule has 15 heavy (non-hydrogen) atoms. The average Bonchev–Trinajstić information content (AvgIpc) is 2.80. The number of imidazole rings is 1. The van der Waals surface area contributed by atoms with Crippen molar-refractivity contribution in [3.05, 3.63) is 29.9 Å². The Balaban J connectivity index is 2.25. The highest BCUT2D eigenvalue weighted by Crippen LogP contribution is 2.04. The fourth-order valence-corrected chi connectivity index (χ4v) is 1.38. The van der Waals surface area contributed by atoms with Crippen LogP contribution in [0, 0.1) is 6.92 Å². The van der Waals surface area contributed by atoms with E-state index in [2.05, 4.69) is 15.2 Å². The largest absolute Gasteiger partial charge is 0.388 e. The minimum absolute atomic E-state index is 0.0656. The van der Waals surface area contributed by atoms with Gasteiger partial charge in [-0.2, -0.15) is 0 Å². The van der Waals surface area contributed by atoms with Crippen molar-refractivity contribution in [3.63, 3.8) is 0 Å². The van der Waals surface area contributed by atoms with Gasteiger partial charge in [0.05, 0.1) is 6.54 Å². The van der Waals surface area contributed by atoms with Gasteiger partial charge in [-0.1, -0.05) is 0 Å². The molecule has 2 rings (SSSR count). The summed E-state index contributed by atoms with van der Waals surface area (Å²) in [5, 5.41) is 17.1. The number of aliphatic hydroxyl groups excluding tert-OH is 1. The SMILES string of the molecule is Cc1nnc(Cn2ccnc2CO)n1C. The Kier molecular flexibility index (Phi) is 2.51. The van der Waals surface area contributed by atoms with Crippen LogP contribution in [-0.4, -0.2) is 29.4 Å². The van der Waals surface area contributed by atoms with Crippen molar-refractivity contribution >= 4 is 0 Å². The molecule has 0 spiro atoms. The summed E-state index contributed by atoms with van der Waals surface area (Å²) in [4.78, 5) is 4.02. The van der Waals surface area contributed by atoms with E-state index >= 15 is 0 Å². The van der Waals surface area contributed by atoms with Crippen LogP contribution in [0.3, 0.4) is 0 Å². The van der Waals surface area contributed by atoms with Crippen molar-refractivity contribution in [1.29, 1.82) is 0 Å². The fraction of sp³-hybridized carbons (Fsp3) is 0.444. The first-order valence-electron chi connectivity index (χ1n) is 4.68. The smallest absolute Gasteiger partial charge is 0.152 e. The molecule has 1 N–H and O–H groups in total. The number of nitrogens with zero attached hydrogens (tertiary/aromatic N) is 5. The van der Waals surface area contributed by atoms with Crippen LogP contribution in [0.4, 0.5) is 0 Å². The molecule has 0 aliphatic rings. The summed E-state index contributed by atoms with van der Waals surface area (Å²) in [5.74, 6) is 2.35. The molecule has 0 amide bonds. The highest BCUT2D eigenvalue weighted by molar-refractivity contribution is 4.98. The number of aromatic nitrogens is 5. The van der Waals surface area contributed by atoms with Crippen molar-refractivity contribution < 1.29 is 5.11 Å². The number of aliphatic hydroxyl groups is 1. The molecule has 0 saturated carbocycles. The summed E-state index contributed by atoms with van der Waals surface area (Å²) in [7, 11) is 1.92. The van der Waals surface area contributed by atoms with E-state index in [9.17, 15) is 0 Å². The van der Waals surface area contributed by atoms with Crippen molar-refractivity contribution in [2.45, 2.75) is 20.1 Å². The number of hydrogen-bond donors (Lipinski definition) is 1. The lowest BCUT2D eigenvalue weighted by Gasteiger charge is -2.05. The minimum Gasteiger partial charge on any atom is -0.388 e. The van der Waals surface area contributed by atoms with Gasteiger partial charge in [0.15, 0.2) is 5.82 Å². The quantitative estimate of drug-likeness (QED) is 0.760. The van der Waals surface area contributed by atoms with Crippen molar-refractivity contribution in [1.82, 2.24) is 24.3 Å². The van der Waals surface area contributed by atoms with Gasteiger partial charge in [0.1, 0.15) is 18.3 Å². The zero-order valence-electron chi connectivity index (χ0n) is 8.75. The molecule has 0 fully saturated rings. The molecule has 0 unspecified atom stereocenters. The lowest BCUT2D eigenvalue weighted by molar-refractivity contribution is 0.266. The van der Waals surface area contributed by atoms with E-state index < -0.39 is 0 Å². The fourth-order valence-electron chi connectivity index (χ4n) is 1.38. The molecule has 0 aliphatic heterocycles. The second-order valence-electron chi connectivity index (χ2n) is 3.35. The maximum Gasteiger partial charge on any atom is 0.152 e. The Morgan fingerprint density at radius 3 is 2.73 bits per heavy atom. The Morgan fingerprint density at radius 1 is 1.33 bits per heavy atom. The van der Waals surface area contributed by atoms with Crippen LogP contribution in [0.5, 0.6) is 0 Å². The Labute approximate surface area is 87.2 Å². The average molecular weight is 207 g/mol. The van der Waals surface area contributed by atoms with Gasteiger partial charge in [-0.05, 0) is 6.92 Å². The molecular weight excluding hydrogens is 194 g/mol. The monoisotopic (exact) mass is 207 g/mol. The number of aryl methyl sites for hydroxylation is 1. The Morgan fingerprint density at radius 2 is 2.13 bits per heavy atom. The molecule has 0 aromatic carbocycles. The maximum atomic E-state index is 9.03.